The van der Waals surface area contributed by atoms with Crippen LogP contribution in [0.3, 0.4) is 0 Å². The summed E-state index contributed by atoms with van der Waals surface area (Å²) in [6.07, 6.45) is -0.645. The van der Waals surface area contributed by atoms with Gasteiger partial charge in [-0.15, -0.1) is 0 Å². The van der Waals surface area contributed by atoms with E-state index in [0.717, 1.165) is 0 Å². The van der Waals surface area contributed by atoms with Gasteiger partial charge in [-0.05, 0) is 18.2 Å². The van der Waals surface area contributed by atoms with Crippen LogP contribution in [0.5, 0.6) is 5.75 Å². The molecule has 0 fully saturated rings. The van der Waals surface area contributed by atoms with Crippen molar-refractivity contribution in [1.29, 1.82) is 0 Å². The van der Waals surface area contributed by atoms with Crippen LogP contribution in [0, 0.1) is 0 Å². The standard InChI is InChI=1S/C11H16BrNO5S/c1-16-9-5-4-8(12)6-10(9)19(14,15)13-7-11(17-2)18-3/h4-6,11,13H,7H2,1-3H3. The number of hydrogen-bond acceptors (Lipinski definition) is 5. The van der Waals surface area contributed by atoms with Crippen LogP contribution >= 0.6 is 15.9 Å². The van der Waals surface area contributed by atoms with Crippen molar-refractivity contribution in [2.24, 2.45) is 0 Å². The lowest BCUT2D eigenvalue weighted by Gasteiger charge is -2.15. The Balaban J connectivity index is 2.97. The molecule has 0 amide bonds. The van der Waals surface area contributed by atoms with Crippen LogP contribution in [0.2, 0.25) is 0 Å². The number of benzene rings is 1. The van der Waals surface area contributed by atoms with E-state index in [9.17, 15) is 8.42 Å². The van der Waals surface area contributed by atoms with Crippen LogP contribution in [0.1, 0.15) is 0 Å². The predicted molar refractivity (Wildman–Crippen MR) is 73.7 cm³/mol. The van der Waals surface area contributed by atoms with Gasteiger partial charge in [-0.2, -0.15) is 0 Å². The minimum Gasteiger partial charge on any atom is -0.495 e. The molecule has 19 heavy (non-hydrogen) atoms. The fourth-order valence-corrected chi connectivity index (χ4v) is 3.10. The summed E-state index contributed by atoms with van der Waals surface area (Å²) in [5.41, 5.74) is 0. The topological polar surface area (TPSA) is 73.9 Å². The Labute approximate surface area is 121 Å². The molecule has 0 unspecified atom stereocenters. The molecule has 0 saturated carbocycles. The molecule has 0 atom stereocenters. The molecule has 0 aliphatic carbocycles. The molecule has 0 bridgehead atoms. The van der Waals surface area contributed by atoms with Gasteiger partial charge in [0, 0.05) is 18.7 Å². The van der Waals surface area contributed by atoms with Crippen molar-refractivity contribution < 1.29 is 22.6 Å². The average molecular weight is 354 g/mol. The van der Waals surface area contributed by atoms with Gasteiger partial charge in [0.05, 0.1) is 13.7 Å². The molecule has 0 spiro atoms. The van der Waals surface area contributed by atoms with E-state index < -0.39 is 16.3 Å². The largest absolute Gasteiger partial charge is 0.495 e. The highest BCUT2D eigenvalue weighted by Gasteiger charge is 2.21. The highest BCUT2D eigenvalue weighted by molar-refractivity contribution is 9.10. The Morgan fingerprint density at radius 3 is 2.42 bits per heavy atom. The Kier molecular flexibility index (Phi) is 6.21. The fourth-order valence-electron chi connectivity index (χ4n) is 1.38. The van der Waals surface area contributed by atoms with Gasteiger partial charge in [0.2, 0.25) is 10.0 Å². The van der Waals surface area contributed by atoms with Gasteiger partial charge in [-0.3, -0.25) is 0 Å². The summed E-state index contributed by atoms with van der Waals surface area (Å²) < 4.78 is 42.3. The minimum atomic E-state index is -3.71. The van der Waals surface area contributed by atoms with Gasteiger partial charge in [-0.25, -0.2) is 13.1 Å². The van der Waals surface area contributed by atoms with Crippen LogP contribution in [-0.4, -0.2) is 42.6 Å². The molecule has 0 aromatic heterocycles. The third-order valence-electron chi connectivity index (χ3n) is 2.38. The minimum absolute atomic E-state index is 0.00496. The van der Waals surface area contributed by atoms with Gasteiger partial charge in [0.25, 0.3) is 0 Å². The molecule has 1 N–H and O–H groups in total. The SMILES string of the molecule is COc1ccc(Br)cc1S(=O)(=O)NCC(OC)OC. The molecule has 0 aliphatic heterocycles. The summed E-state index contributed by atoms with van der Waals surface area (Å²) in [4.78, 5) is 0.0512. The van der Waals surface area contributed by atoms with E-state index in [4.69, 9.17) is 14.2 Å². The second-order valence-electron chi connectivity index (χ2n) is 3.55. The first-order chi connectivity index (χ1) is 8.94. The van der Waals surface area contributed by atoms with Crippen molar-refractivity contribution in [2.75, 3.05) is 27.9 Å². The number of rotatable bonds is 7. The second kappa shape index (κ2) is 7.20. The van der Waals surface area contributed by atoms with E-state index in [2.05, 4.69) is 20.7 Å². The molecular weight excluding hydrogens is 338 g/mol. The maximum atomic E-state index is 12.2. The van der Waals surface area contributed by atoms with Crippen molar-refractivity contribution >= 4 is 26.0 Å². The zero-order chi connectivity index (χ0) is 14.5. The summed E-state index contributed by atoms with van der Waals surface area (Å²) in [6.45, 7) is 0.00496. The van der Waals surface area contributed by atoms with E-state index in [1.54, 1.807) is 12.1 Å². The number of halogens is 1. The molecule has 6 nitrogen and oxygen atoms in total. The first-order valence-electron chi connectivity index (χ1n) is 5.33. The highest BCUT2D eigenvalue weighted by Crippen LogP contribution is 2.26. The Morgan fingerprint density at radius 2 is 1.89 bits per heavy atom. The van der Waals surface area contributed by atoms with E-state index in [1.807, 2.05) is 0 Å². The Hall–Kier alpha value is -0.670. The summed E-state index contributed by atoms with van der Waals surface area (Å²) in [6, 6.07) is 4.74. The summed E-state index contributed by atoms with van der Waals surface area (Å²) >= 11 is 3.23. The van der Waals surface area contributed by atoms with Crippen molar-refractivity contribution in [2.45, 2.75) is 11.2 Å². The normalized spacial score (nSPS) is 11.8. The first kappa shape index (κ1) is 16.4. The lowest BCUT2D eigenvalue weighted by molar-refractivity contribution is -0.0960. The van der Waals surface area contributed by atoms with Gasteiger partial charge in [-0.1, -0.05) is 15.9 Å². The molecular formula is C11H16BrNO5S. The number of hydrogen-bond donors (Lipinski definition) is 1. The summed E-state index contributed by atoms with van der Waals surface area (Å²) in [5.74, 6) is 0.266. The van der Waals surface area contributed by atoms with E-state index in [1.165, 1.54) is 27.4 Å². The van der Waals surface area contributed by atoms with Crippen LogP contribution in [0.25, 0.3) is 0 Å². The van der Waals surface area contributed by atoms with Gasteiger partial charge in [0.15, 0.2) is 6.29 Å². The molecule has 0 radical (unpaired) electrons. The molecule has 0 saturated heterocycles. The van der Waals surface area contributed by atoms with E-state index in [0.29, 0.717) is 4.47 Å². The molecule has 8 heteroatoms. The van der Waals surface area contributed by atoms with Crippen molar-refractivity contribution in [1.82, 2.24) is 4.72 Å². The smallest absolute Gasteiger partial charge is 0.244 e. The lowest BCUT2D eigenvalue weighted by atomic mass is 10.3. The fraction of sp³-hybridized carbons (Fsp3) is 0.455. The quantitative estimate of drug-likeness (QED) is 0.749. The number of sulfonamides is 1. The molecule has 1 rings (SSSR count). The number of nitrogens with one attached hydrogen (secondary N) is 1. The Bertz CT molecular complexity index is 516. The first-order valence-corrected chi connectivity index (χ1v) is 7.61. The van der Waals surface area contributed by atoms with Crippen LogP contribution in [-0.2, 0) is 19.5 Å². The van der Waals surface area contributed by atoms with Crippen LogP contribution in [0.4, 0.5) is 0 Å². The number of methoxy groups -OCH3 is 3. The van der Waals surface area contributed by atoms with E-state index in [-0.39, 0.29) is 17.2 Å². The third kappa shape index (κ3) is 4.43. The van der Waals surface area contributed by atoms with E-state index >= 15 is 0 Å². The Morgan fingerprint density at radius 1 is 1.26 bits per heavy atom. The molecule has 1 aromatic carbocycles. The van der Waals surface area contributed by atoms with Gasteiger partial charge in [0.1, 0.15) is 10.6 Å². The van der Waals surface area contributed by atoms with Crippen molar-refractivity contribution in [3.05, 3.63) is 22.7 Å². The number of ether oxygens (including phenoxy) is 3. The molecule has 1 aromatic rings. The molecule has 108 valence electrons. The monoisotopic (exact) mass is 353 g/mol. The lowest BCUT2D eigenvalue weighted by Crippen LogP contribution is -2.34. The van der Waals surface area contributed by atoms with Gasteiger partial charge < -0.3 is 14.2 Å². The zero-order valence-electron chi connectivity index (χ0n) is 10.8. The second-order valence-corrected chi connectivity index (χ2v) is 6.20. The summed E-state index contributed by atoms with van der Waals surface area (Å²) in [7, 11) is 0.572. The zero-order valence-corrected chi connectivity index (χ0v) is 13.2. The van der Waals surface area contributed by atoms with Crippen LogP contribution < -0.4 is 9.46 Å². The molecule has 0 heterocycles. The van der Waals surface area contributed by atoms with Crippen molar-refractivity contribution in [3.8, 4) is 5.75 Å². The average Bonchev–Trinajstić information content (AvgIpc) is 2.39. The summed E-state index contributed by atoms with van der Waals surface area (Å²) in [5, 5.41) is 0. The predicted octanol–water partition coefficient (Wildman–Crippen LogP) is 1.35. The van der Waals surface area contributed by atoms with Crippen molar-refractivity contribution in [3.63, 3.8) is 0 Å². The third-order valence-corrected chi connectivity index (χ3v) is 4.32. The van der Waals surface area contributed by atoms with Gasteiger partial charge >= 0.3 is 0 Å². The maximum Gasteiger partial charge on any atom is 0.244 e. The maximum absolute atomic E-state index is 12.2. The highest BCUT2D eigenvalue weighted by atomic mass is 79.9. The van der Waals surface area contributed by atoms with Crippen LogP contribution in [0.15, 0.2) is 27.6 Å². The molecule has 0 aliphatic rings.